The lowest BCUT2D eigenvalue weighted by atomic mass is 9.51. The lowest BCUT2D eigenvalue weighted by Gasteiger charge is -2.48. The van der Waals surface area contributed by atoms with Crippen molar-refractivity contribution in [1.29, 1.82) is 0 Å². The second-order valence-electron chi connectivity index (χ2n) is 7.76. The van der Waals surface area contributed by atoms with Crippen molar-refractivity contribution in [3.63, 3.8) is 0 Å². The molecule has 2 bridgehead atoms. The average molecular weight is 409 g/mol. The van der Waals surface area contributed by atoms with Crippen molar-refractivity contribution in [2.45, 2.75) is 18.4 Å². The van der Waals surface area contributed by atoms with E-state index in [-0.39, 0.29) is 23.3 Å². The zero-order valence-corrected chi connectivity index (χ0v) is 16.3. The maximum absolute atomic E-state index is 13.4. The first-order valence-corrected chi connectivity index (χ1v) is 9.79. The van der Waals surface area contributed by atoms with Crippen LogP contribution in [0.3, 0.4) is 0 Å². The quantitative estimate of drug-likeness (QED) is 0.443. The summed E-state index contributed by atoms with van der Waals surface area (Å²) in [5.74, 6) is -3.10. The van der Waals surface area contributed by atoms with Gasteiger partial charge in [-0.3, -0.25) is 24.6 Å². The fourth-order valence-electron chi connectivity index (χ4n) is 5.50. The van der Waals surface area contributed by atoms with E-state index in [0.29, 0.717) is 16.2 Å². The Hall–Kier alpha value is -2.99. The summed E-state index contributed by atoms with van der Waals surface area (Å²) in [5, 5.41) is 13.2. The molecule has 0 saturated carbocycles. The zero-order chi connectivity index (χ0) is 20.5. The third-order valence-electron chi connectivity index (χ3n) is 6.51. The molecule has 146 valence electrons. The van der Waals surface area contributed by atoms with E-state index in [0.717, 1.165) is 16.0 Å². The SMILES string of the molecule is C/C(Cl)=C/CN1C(=O)[C@@H]2C3c4ccccc4C([N+](=O)[O-])(c4ccccc43)[C@@H]2C1=O. The molecule has 29 heavy (non-hydrogen) atoms. The summed E-state index contributed by atoms with van der Waals surface area (Å²) >= 11 is 5.90. The molecule has 4 aliphatic rings. The first-order chi connectivity index (χ1) is 13.9. The van der Waals surface area contributed by atoms with Gasteiger partial charge in [0.05, 0.1) is 5.92 Å². The van der Waals surface area contributed by atoms with Crippen LogP contribution in [0.1, 0.15) is 35.1 Å². The van der Waals surface area contributed by atoms with Crippen LogP contribution >= 0.6 is 11.6 Å². The van der Waals surface area contributed by atoms with E-state index in [9.17, 15) is 19.7 Å². The number of nitrogens with zero attached hydrogens (tertiary/aromatic N) is 2. The number of likely N-dealkylation sites (tertiary alicyclic amines) is 1. The number of benzene rings is 2. The van der Waals surface area contributed by atoms with E-state index in [4.69, 9.17) is 11.6 Å². The van der Waals surface area contributed by atoms with Crippen LogP contribution in [-0.4, -0.2) is 28.2 Å². The molecule has 1 heterocycles. The Morgan fingerprint density at radius 2 is 1.66 bits per heavy atom. The van der Waals surface area contributed by atoms with E-state index in [2.05, 4.69) is 0 Å². The van der Waals surface area contributed by atoms with Crippen molar-refractivity contribution in [3.8, 4) is 0 Å². The van der Waals surface area contributed by atoms with Gasteiger partial charge in [0.15, 0.2) is 0 Å². The van der Waals surface area contributed by atoms with Gasteiger partial charge in [0.1, 0.15) is 5.92 Å². The molecule has 0 spiro atoms. The summed E-state index contributed by atoms with van der Waals surface area (Å²) in [6.45, 7) is 1.68. The molecular weight excluding hydrogens is 392 g/mol. The average Bonchev–Trinajstić information content (AvgIpc) is 2.97. The van der Waals surface area contributed by atoms with Gasteiger partial charge in [0.2, 0.25) is 11.8 Å². The molecule has 0 aromatic heterocycles. The van der Waals surface area contributed by atoms with E-state index in [1.54, 1.807) is 37.3 Å². The van der Waals surface area contributed by atoms with E-state index in [1.807, 2.05) is 24.3 Å². The summed E-state index contributed by atoms with van der Waals surface area (Å²) in [4.78, 5) is 40.2. The number of carbonyl (C=O) groups is 2. The highest BCUT2D eigenvalue weighted by molar-refractivity contribution is 6.29. The van der Waals surface area contributed by atoms with E-state index < -0.39 is 23.3 Å². The highest BCUT2D eigenvalue weighted by atomic mass is 35.5. The topological polar surface area (TPSA) is 80.5 Å². The van der Waals surface area contributed by atoms with Gasteiger partial charge in [-0.05, 0) is 18.1 Å². The maximum atomic E-state index is 13.4. The van der Waals surface area contributed by atoms with Gasteiger partial charge in [0.25, 0.3) is 5.54 Å². The smallest absolute Gasteiger partial charge is 0.278 e. The van der Waals surface area contributed by atoms with Gasteiger partial charge in [-0.2, -0.15) is 0 Å². The molecule has 0 N–H and O–H groups in total. The fourth-order valence-corrected chi connectivity index (χ4v) is 5.57. The predicted octanol–water partition coefficient (Wildman–Crippen LogP) is 3.41. The number of halogens is 1. The Bertz CT molecular complexity index is 1070. The number of imide groups is 1. The largest absolute Gasteiger partial charge is 0.284 e. The molecule has 6 nitrogen and oxygen atoms in total. The number of rotatable bonds is 3. The Morgan fingerprint density at radius 1 is 1.10 bits per heavy atom. The van der Waals surface area contributed by atoms with Crippen LogP contribution < -0.4 is 0 Å². The second kappa shape index (κ2) is 6.00. The molecule has 0 radical (unpaired) electrons. The van der Waals surface area contributed by atoms with Gasteiger partial charge in [-0.15, -0.1) is 0 Å². The highest BCUT2D eigenvalue weighted by Gasteiger charge is 2.74. The highest BCUT2D eigenvalue weighted by Crippen LogP contribution is 2.64. The molecule has 2 aromatic rings. The molecule has 0 unspecified atom stereocenters. The molecule has 1 aliphatic heterocycles. The normalized spacial score (nSPS) is 29.5. The third kappa shape index (κ3) is 2.07. The van der Waals surface area contributed by atoms with Crippen molar-refractivity contribution in [2.75, 3.05) is 6.54 Å². The van der Waals surface area contributed by atoms with E-state index in [1.165, 1.54) is 0 Å². The standard InChI is InChI=1S/C22H17ClN2O4/c1-12(23)10-11-24-20(26)18-17-13-6-2-4-8-15(13)22(25(28)29,19(18)21(24)27)16-9-5-3-7-14(16)17/h2-10,17-19H,11H2,1H3/b12-10-/t17?,18-,19+,22?/m1/s1. The number of nitro groups is 1. The molecule has 1 fully saturated rings. The van der Waals surface area contributed by atoms with Gasteiger partial charge >= 0.3 is 0 Å². The summed E-state index contributed by atoms with van der Waals surface area (Å²) < 4.78 is 0. The fraction of sp³-hybridized carbons (Fsp3) is 0.273. The first-order valence-electron chi connectivity index (χ1n) is 9.41. The molecule has 2 atom stereocenters. The lowest BCUT2D eigenvalue weighted by molar-refractivity contribution is -0.578. The number of hydrogen-bond acceptors (Lipinski definition) is 4. The van der Waals surface area contributed by atoms with Crippen molar-refractivity contribution < 1.29 is 14.5 Å². The molecule has 3 aliphatic carbocycles. The number of allylic oxidation sites excluding steroid dienone is 1. The van der Waals surface area contributed by atoms with Crippen molar-refractivity contribution >= 4 is 23.4 Å². The minimum atomic E-state index is -1.77. The Balaban J connectivity index is 1.82. The number of carbonyl (C=O) groups excluding carboxylic acids is 2. The van der Waals surface area contributed by atoms with E-state index >= 15 is 0 Å². The van der Waals surface area contributed by atoms with Crippen LogP contribution in [-0.2, 0) is 15.1 Å². The molecule has 6 rings (SSSR count). The monoisotopic (exact) mass is 408 g/mol. The summed E-state index contributed by atoms with van der Waals surface area (Å²) in [6.07, 6.45) is 1.58. The Kier molecular flexibility index (Phi) is 3.74. The molecule has 2 amide bonds. The minimum absolute atomic E-state index is 0.0210. The molecular formula is C22H17ClN2O4. The Morgan fingerprint density at radius 3 is 2.17 bits per heavy atom. The van der Waals surface area contributed by atoms with Crippen molar-refractivity contribution in [2.24, 2.45) is 11.8 Å². The van der Waals surface area contributed by atoms with Crippen LogP contribution in [0.25, 0.3) is 0 Å². The molecule has 2 aromatic carbocycles. The van der Waals surface area contributed by atoms with Crippen LogP contribution in [0.2, 0.25) is 0 Å². The number of amides is 2. The second-order valence-corrected chi connectivity index (χ2v) is 8.35. The minimum Gasteiger partial charge on any atom is -0.278 e. The third-order valence-corrected chi connectivity index (χ3v) is 6.66. The first kappa shape index (κ1) is 18.1. The maximum Gasteiger partial charge on any atom is 0.284 e. The van der Waals surface area contributed by atoms with Crippen molar-refractivity contribution in [1.82, 2.24) is 4.90 Å². The van der Waals surface area contributed by atoms with Crippen LogP contribution in [0, 0.1) is 22.0 Å². The van der Waals surface area contributed by atoms with Gasteiger partial charge in [-0.25, -0.2) is 0 Å². The van der Waals surface area contributed by atoms with Crippen LogP contribution in [0.5, 0.6) is 0 Å². The van der Waals surface area contributed by atoms with Gasteiger partial charge in [-0.1, -0.05) is 66.2 Å². The van der Waals surface area contributed by atoms with Gasteiger partial charge in [0, 0.05) is 33.5 Å². The predicted molar refractivity (Wildman–Crippen MR) is 106 cm³/mol. The zero-order valence-electron chi connectivity index (χ0n) is 15.5. The van der Waals surface area contributed by atoms with Gasteiger partial charge < -0.3 is 0 Å². The number of hydrogen-bond donors (Lipinski definition) is 0. The Labute approximate surface area is 171 Å². The molecule has 7 heteroatoms. The van der Waals surface area contributed by atoms with Crippen LogP contribution in [0.4, 0.5) is 0 Å². The van der Waals surface area contributed by atoms with Crippen molar-refractivity contribution in [3.05, 3.63) is 92.0 Å². The molecule has 1 saturated heterocycles. The summed E-state index contributed by atoms with van der Waals surface area (Å²) in [7, 11) is 0. The lowest BCUT2D eigenvalue weighted by Crippen LogP contribution is -2.57. The summed E-state index contributed by atoms with van der Waals surface area (Å²) in [5.41, 5.74) is 0.782. The summed E-state index contributed by atoms with van der Waals surface area (Å²) in [6, 6.07) is 14.3. The van der Waals surface area contributed by atoms with Crippen LogP contribution in [0.15, 0.2) is 59.6 Å².